The predicted octanol–water partition coefficient (Wildman–Crippen LogP) is 4.21. The number of amides is 1. The van der Waals surface area contributed by atoms with Crippen molar-refractivity contribution in [2.45, 2.75) is 6.04 Å². The zero-order valence-corrected chi connectivity index (χ0v) is 16.0. The fourth-order valence-electron chi connectivity index (χ4n) is 3.43. The first kappa shape index (κ1) is 18.2. The summed E-state index contributed by atoms with van der Waals surface area (Å²) in [6.45, 7) is 0. The van der Waals surface area contributed by atoms with Crippen LogP contribution in [-0.2, 0) is 4.79 Å². The van der Waals surface area contributed by atoms with Gasteiger partial charge in [-0.05, 0) is 48.0 Å². The fraction of sp³-hybridized carbons (Fsp3) is 0.0476. The van der Waals surface area contributed by atoms with Gasteiger partial charge in [-0.15, -0.1) is 0 Å². The number of pyridine rings is 1. The summed E-state index contributed by atoms with van der Waals surface area (Å²) in [7, 11) is 0. The molecule has 0 radical (unpaired) electrons. The molecule has 1 amide bonds. The van der Waals surface area contributed by atoms with Crippen LogP contribution in [0.4, 0.5) is 9.52 Å². The van der Waals surface area contributed by atoms with Crippen LogP contribution in [-0.4, -0.2) is 26.8 Å². The summed E-state index contributed by atoms with van der Waals surface area (Å²) in [6, 6.07) is 9.46. The number of nitrogens with zero attached hydrogens (tertiary/aromatic N) is 3. The first-order valence-corrected chi connectivity index (χ1v) is 9.67. The Bertz CT molecular complexity index is 1310. The Morgan fingerprint density at radius 1 is 1.20 bits per heavy atom. The third kappa shape index (κ3) is 2.79. The minimum atomic E-state index is -0.941. The van der Waals surface area contributed by atoms with Crippen LogP contribution < -0.4 is 4.90 Å². The molecule has 7 nitrogen and oxygen atoms in total. The number of hydrogen-bond acceptors (Lipinski definition) is 7. The second-order valence-electron chi connectivity index (χ2n) is 6.54. The number of benzene rings is 1. The van der Waals surface area contributed by atoms with Gasteiger partial charge in [0.1, 0.15) is 5.82 Å². The zero-order valence-electron chi connectivity index (χ0n) is 15.2. The molecule has 1 atom stereocenters. The van der Waals surface area contributed by atoms with Crippen molar-refractivity contribution in [1.82, 2.24) is 9.97 Å². The van der Waals surface area contributed by atoms with E-state index in [4.69, 9.17) is 4.42 Å². The van der Waals surface area contributed by atoms with Gasteiger partial charge in [0.15, 0.2) is 16.7 Å². The van der Waals surface area contributed by atoms with Gasteiger partial charge in [-0.3, -0.25) is 19.5 Å². The normalized spacial score (nSPS) is 16.6. The van der Waals surface area contributed by atoms with Crippen LogP contribution >= 0.6 is 11.3 Å². The molecule has 4 aromatic rings. The molecule has 1 aliphatic rings. The average molecular weight is 421 g/mol. The van der Waals surface area contributed by atoms with Crippen LogP contribution in [0.25, 0.3) is 10.2 Å². The Morgan fingerprint density at radius 3 is 2.73 bits per heavy atom. The van der Waals surface area contributed by atoms with E-state index in [9.17, 15) is 19.1 Å². The summed E-state index contributed by atoms with van der Waals surface area (Å²) in [5.41, 5.74) is 0.942. The maximum Gasteiger partial charge on any atom is 0.296 e. The number of carbonyl (C=O) groups excluding carboxylic acids is 2. The van der Waals surface area contributed by atoms with Crippen molar-refractivity contribution in [3.63, 3.8) is 0 Å². The van der Waals surface area contributed by atoms with Gasteiger partial charge in [-0.1, -0.05) is 11.3 Å². The third-order valence-corrected chi connectivity index (χ3v) is 5.78. The topological polar surface area (TPSA) is 96.5 Å². The number of aliphatic hydroxyl groups excluding tert-OH is 1. The lowest BCUT2D eigenvalue weighted by atomic mass is 9.96. The highest BCUT2D eigenvalue weighted by Crippen LogP contribution is 2.44. The molecule has 1 unspecified atom stereocenters. The Hall–Kier alpha value is -3.85. The Labute approximate surface area is 172 Å². The standard InChI is InChI=1S/C21H12FN3O4S/c22-12-3-4-13-15(10-12)30-21(24-13)25-17(11-5-7-23-8-6-11)16(19(27)20(25)28)18(26)14-2-1-9-29-14/h1-10,17,27H. The Balaban J connectivity index is 1.68. The van der Waals surface area contributed by atoms with Gasteiger partial charge in [0.2, 0.25) is 5.78 Å². The van der Waals surface area contributed by atoms with Crippen LogP contribution in [0, 0.1) is 5.82 Å². The average Bonchev–Trinajstić information content (AvgIpc) is 3.47. The SMILES string of the molecule is O=C(C1=C(O)C(=O)N(c2nc3ccc(F)cc3s2)C1c1ccncc1)c1ccco1. The molecule has 1 aromatic carbocycles. The van der Waals surface area contributed by atoms with E-state index in [0.717, 1.165) is 11.3 Å². The maximum atomic E-state index is 13.6. The van der Waals surface area contributed by atoms with E-state index in [-0.39, 0.29) is 16.5 Å². The summed E-state index contributed by atoms with van der Waals surface area (Å²) < 4.78 is 19.3. The molecule has 9 heteroatoms. The number of aliphatic hydroxyl groups is 1. The molecule has 30 heavy (non-hydrogen) atoms. The lowest BCUT2D eigenvalue weighted by molar-refractivity contribution is -0.117. The summed E-state index contributed by atoms with van der Waals surface area (Å²) in [5, 5.41) is 10.9. The predicted molar refractivity (Wildman–Crippen MR) is 107 cm³/mol. The fourth-order valence-corrected chi connectivity index (χ4v) is 4.44. The van der Waals surface area contributed by atoms with Crippen LogP contribution in [0.2, 0.25) is 0 Å². The van der Waals surface area contributed by atoms with Crippen molar-refractivity contribution in [3.8, 4) is 0 Å². The minimum absolute atomic E-state index is 0.00312. The Kier molecular flexibility index (Phi) is 4.18. The number of rotatable bonds is 4. The number of furan rings is 1. The van der Waals surface area contributed by atoms with Crippen molar-refractivity contribution >= 4 is 38.4 Å². The van der Waals surface area contributed by atoms with Gasteiger partial charge in [0.25, 0.3) is 5.91 Å². The van der Waals surface area contributed by atoms with E-state index < -0.39 is 29.3 Å². The minimum Gasteiger partial charge on any atom is -0.503 e. The first-order valence-electron chi connectivity index (χ1n) is 8.85. The quantitative estimate of drug-likeness (QED) is 0.496. The van der Waals surface area contributed by atoms with Crippen LogP contribution in [0.5, 0.6) is 0 Å². The molecule has 0 bridgehead atoms. The van der Waals surface area contributed by atoms with Gasteiger partial charge in [-0.25, -0.2) is 9.37 Å². The van der Waals surface area contributed by atoms with E-state index in [1.807, 2.05) is 0 Å². The van der Waals surface area contributed by atoms with Gasteiger partial charge in [0, 0.05) is 12.4 Å². The number of thiazole rings is 1. The highest BCUT2D eigenvalue weighted by atomic mass is 32.1. The number of fused-ring (bicyclic) bond motifs is 1. The molecular weight excluding hydrogens is 409 g/mol. The van der Waals surface area contributed by atoms with Gasteiger partial charge < -0.3 is 9.52 Å². The maximum absolute atomic E-state index is 13.6. The van der Waals surface area contributed by atoms with Crippen molar-refractivity contribution in [2.75, 3.05) is 4.90 Å². The molecule has 0 aliphatic carbocycles. The molecule has 5 rings (SSSR count). The van der Waals surface area contributed by atoms with E-state index in [1.54, 1.807) is 18.2 Å². The smallest absolute Gasteiger partial charge is 0.296 e. The summed E-state index contributed by atoms with van der Waals surface area (Å²) >= 11 is 1.09. The van der Waals surface area contributed by atoms with E-state index in [1.165, 1.54) is 47.8 Å². The molecule has 0 fully saturated rings. The highest BCUT2D eigenvalue weighted by Gasteiger charge is 2.46. The van der Waals surface area contributed by atoms with Crippen molar-refractivity contribution in [1.29, 1.82) is 0 Å². The largest absolute Gasteiger partial charge is 0.503 e. The second-order valence-corrected chi connectivity index (χ2v) is 7.54. The number of anilines is 1. The van der Waals surface area contributed by atoms with E-state index in [0.29, 0.717) is 15.8 Å². The summed E-state index contributed by atoms with van der Waals surface area (Å²) in [4.78, 5) is 35.7. The van der Waals surface area contributed by atoms with Gasteiger partial charge in [-0.2, -0.15) is 0 Å². The van der Waals surface area contributed by atoms with Crippen molar-refractivity contribution in [3.05, 3.63) is 89.6 Å². The molecule has 1 aliphatic heterocycles. The zero-order chi connectivity index (χ0) is 20.8. The number of hydrogen-bond donors (Lipinski definition) is 1. The van der Waals surface area contributed by atoms with Gasteiger partial charge in [0.05, 0.1) is 28.1 Å². The molecule has 0 saturated carbocycles. The summed E-state index contributed by atoms with van der Waals surface area (Å²) in [5.74, 6) is -2.49. The monoisotopic (exact) mass is 421 g/mol. The summed E-state index contributed by atoms with van der Waals surface area (Å²) in [6.07, 6.45) is 4.38. The van der Waals surface area contributed by atoms with Crippen molar-refractivity contribution in [2.24, 2.45) is 0 Å². The lowest BCUT2D eigenvalue weighted by Gasteiger charge is -2.24. The molecular formula is C21H12FN3O4S. The van der Waals surface area contributed by atoms with Crippen LogP contribution in [0.1, 0.15) is 22.2 Å². The molecule has 1 N–H and O–H groups in total. The molecule has 0 spiro atoms. The molecule has 4 heterocycles. The van der Waals surface area contributed by atoms with Crippen LogP contribution in [0.3, 0.4) is 0 Å². The second kappa shape index (κ2) is 6.89. The lowest BCUT2D eigenvalue weighted by Crippen LogP contribution is -2.30. The number of carbonyl (C=O) groups is 2. The Morgan fingerprint density at radius 2 is 2.00 bits per heavy atom. The first-order chi connectivity index (χ1) is 14.5. The van der Waals surface area contributed by atoms with Crippen LogP contribution in [0.15, 0.2) is 76.9 Å². The van der Waals surface area contributed by atoms with Crippen molar-refractivity contribution < 1.29 is 23.5 Å². The number of Topliss-reactive ketones (excluding diaryl/α,β-unsaturated/α-hetero) is 1. The van der Waals surface area contributed by atoms with Gasteiger partial charge >= 0.3 is 0 Å². The number of aromatic nitrogens is 2. The number of ketones is 1. The van der Waals surface area contributed by atoms with E-state index >= 15 is 0 Å². The molecule has 3 aromatic heterocycles. The highest BCUT2D eigenvalue weighted by molar-refractivity contribution is 7.22. The number of halogens is 1. The third-order valence-electron chi connectivity index (χ3n) is 4.76. The molecule has 148 valence electrons. The molecule has 0 saturated heterocycles. The van der Waals surface area contributed by atoms with E-state index in [2.05, 4.69) is 9.97 Å².